The predicted molar refractivity (Wildman–Crippen MR) is 132 cm³/mol. The highest BCUT2D eigenvalue weighted by atomic mass is 16.5. The normalized spacial score (nSPS) is 10.6. The van der Waals surface area contributed by atoms with Gasteiger partial charge in [0.05, 0.1) is 25.5 Å². The van der Waals surface area contributed by atoms with E-state index in [0.29, 0.717) is 35.1 Å². The Morgan fingerprint density at radius 2 is 1.62 bits per heavy atom. The van der Waals surface area contributed by atoms with E-state index in [9.17, 15) is 9.59 Å². The summed E-state index contributed by atoms with van der Waals surface area (Å²) in [6.07, 6.45) is 3.08. The molecule has 7 heteroatoms. The minimum absolute atomic E-state index is 0.275. The number of amides is 2. The number of hydrogen-bond donors (Lipinski definition) is 1. The van der Waals surface area contributed by atoms with Crippen molar-refractivity contribution < 1.29 is 23.8 Å². The van der Waals surface area contributed by atoms with E-state index in [0.717, 1.165) is 11.1 Å². The van der Waals surface area contributed by atoms with Crippen LogP contribution >= 0.6 is 0 Å². The summed E-state index contributed by atoms with van der Waals surface area (Å²) < 4.78 is 16.5. The van der Waals surface area contributed by atoms with E-state index < -0.39 is 5.91 Å². The highest BCUT2D eigenvalue weighted by Crippen LogP contribution is 2.34. The standard InChI is InChI=1S/C27H28N2O5/c1-29(2)27(31)22-16-24(32-3)25(33-4)17-23(22)28-26(30)14-13-19-11-8-12-21(15-19)34-18-20-9-6-5-7-10-20/h5-17H,18H2,1-4H3,(H,28,30)/b14-13+. The molecule has 0 saturated carbocycles. The molecule has 0 fully saturated rings. The SMILES string of the molecule is COc1cc(NC(=O)/C=C/c2cccc(OCc3ccccc3)c2)c(C(=O)N(C)C)cc1OC. The first-order chi connectivity index (χ1) is 16.4. The van der Waals surface area contributed by atoms with E-state index in [4.69, 9.17) is 14.2 Å². The van der Waals surface area contributed by atoms with E-state index in [1.165, 1.54) is 25.2 Å². The zero-order valence-corrected chi connectivity index (χ0v) is 19.7. The molecule has 2 amide bonds. The molecule has 7 nitrogen and oxygen atoms in total. The highest BCUT2D eigenvalue weighted by molar-refractivity contribution is 6.08. The molecule has 3 rings (SSSR count). The molecule has 1 N–H and O–H groups in total. The van der Waals surface area contributed by atoms with Crippen LogP contribution in [0.5, 0.6) is 17.2 Å². The van der Waals surface area contributed by atoms with Gasteiger partial charge in [0.1, 0.15) is 12.4 Å². The van der Waals surface area contributed by atoms with Crippen LogP contribution in [0.2, 0.25) is 0 Å². The van der Waals surface area contributed by atoms with Gasteiger partial charge < -0.3 is 24.4 Å². The number of ether oxygens (including phenoxy) is 3. The van der Waals surface area contributed by atoms with E-state index in [-0.39, 0.29) is 5.91 Å². The molecule has 3 aromatic carbocycles. The number of nitrogens with zero attached hydrogens (tertiary/aromatic N) is 1. The lowest BCUT2D eigenvalue weighted by molar-refractivity contribution is -0.111. The van der Waals surface area contributed by atoms with Crippen LogP contribution in [-0.2, 0) is 11.4 Å². The Morgan fingerprint density at radius 3 is 2.29 bits per heavy atom. The smallest absolute Gasteiger partial charge is 0.255 e. The van der Waals surface area contributed by atoms with Crippen molar-refractivity contribution in [2.45, 2.75) is 6.61 Å². The summed E-state index contributed by atoms with van der Waals surface area (Å²) in [5, 5.41) is 2.76. The molecule has 0 aliphatic heterocycles. The number of methoxy groups -OCH3 is 2. The van der Waals surface area contributed by atoms with Gasteiger partial charge in [-0.1, -0.05) is 42.5 Å². The summed E-state index contributed by atoms with van der Waals surface area (Å²) in [6.45, 7) is 0.455. The average Bonchev–Trinajstić information content (AvgIpc) is 2.86. The van der Waals surface area contributed by atoms with Crippen LogP contribution in [0, 0.1) is 0 Å². The van der Waals surface area contributed by atoms with Crippen LogP contribution in [0.1, 0.15) is 21.5 Å². The molecule has 0 bridgehead atoms. The number of carbonyl (C=O) groups excluding carboxylic acids is 2. The largest absolute Gasteiger partial charge is 0.493 e. The van der Waals surface area contributed by atoms with Gasteiger partial charge in [-0.3, -0.25) is 9.59 Å². The maximum atomic E-state index is 12.7. The lowest BCUT2D eigenvalue weighted by Gasteiger charge is -2.17. The molecule has 0 aromatic heterocycles. The molecule has 0 radical (unpaired) electrons. The molecular weight excluding hydrogens is 432 g/mol. The Kier molecular flexibility index (Phi) is 8.29. The van der Waals surface area contributed by atoms with Gasteiger partial charge >= 0.3 is 0 Å². The second-order valence-corrected chi connectivity index (χ2v) is 7.62. The maximum Gasteiger partial charge on any atom is 0.255 e. The molecule has 0 unspecified atom stereocenters. The molecule has 0 saturated heterocycles. The van der Waals surface area contributed by atoms with Crippen molar-refractivity contribution in [2.24, 2.45) is 0 Å². The maximum absolute atomic E-state index is 12.7. The second-order valence-electron chi connectivity index (χ2n) is 7.62. The van der Waals surface area contributed by atoms with Crippen molar-refractivity contribution in [1.82, 2.24) is 4.90 Å². The van der Waals surface area contributed by atoms with Crippen LogP contribution in [0.3, 0.4) is 0 Å². The Labute approximate surface area is 199 Å². The van der Waals surface area contributed by atoms with Crippen molar-refractivity contribution in [3.63, 3.8) is 0 Å². The number of nitrogens with one attached hydrogen (secondary N) is 1. The third-order valence-electron chi connectivity index (χ3n) is 4.95. The van der Waals surface area contributed by atoms with Gasteiger partial charge in [0.25, 0.3) is 5.91 Å². The van der Waals surface area contributed by atoms with Crippen molar-refractivity contribution >= 4 is 23.6 Å². The van der Waals surface area contributed by atoms with Gasteiger partial charge in [-0.2, -0.15) is 0 Å². The van der Waals surface area contributed by atoms with E-state index >= 15 is 0 Å². The van der Waals surface area contributed by atoms with Crippen LogP contribution in [0.25, 0.3) is 6.08 Å². The molecular formula is C27H28N2O5. The minimum Gasteiger partial charge on any atom is -0.493 e. The molecule has 34 heavy (non-hydrogen) atoms. The number of carbonyl (C=O) groups is 2. The van der Waals surface area contributed by atoms with Crippen LogP contribution in [0.15, 0.2) is 72.8 Å². The predicted octanol–water partition coefficient (Wildman–Crippen LogP) is 4.64. The fraction of sp³-hybridized carbons (Fsp3) is 0.185. The van der Waals surface area contributed by atoms with Gasteiger partial charge in [-0.25, -0.2) is 0 Å². The first-order valence-corrected chi connectivity index (χ1v) is 10.6. The fourth-order valence-electron chi connectivity index (χ4n) is 3.20. The van der Waals surface area contributed by atoms with Crippen molar-refractivity contribution in [1.29, 1.82) is 0 Å². The summed E-state index contributed by atoms with van der Waals surface area (Å²) in [5.41, 5.74) is 2.49. The number of rotatable bonds is 9. The summed E-state index contributed by atoms with van der Waals surface area (Å²) in [5.74, 6) is 0.832. The quantitative estimate of drug-likeness (QED) is 0.471. The molecule has 0 spiro atoms. The average molecular weight is 461 g/mol. The van der Waals surface area contributed by atoms with Crippen molar-refractivity contribution in [3.05, 3.63) is 89.5 Å². The summed E-state index contributed by atoms with van der Waals surface area (Å²) in [6, 6.07) is 20.5. The third-order valence-corrected chi connectivity index (χ3v) is 4.95. The van der Waals surface area contributed by atoms with Gasteiger partial charge in [-0.15, -0.1) is 0 Å². The van der Waals surface area contributed by atoms with Crippen molar-refractivity contribution in [3.8, 4) is 17.2 Å². The van der Waals surface area contributed by atoms with Crippen LogP contribution < -0.4 is 19.5 Å². The molecule has 176 valence electrons. The third kappa shape index (κ3) is 6.38. The fourth-order valence-corrected chi connectivity index (χ4v) is 3.20. The van der Waals surface area contributed by atoms with Gasteiger partial charge in [0.2, 0.25) is 5.91 Å². The molecule has 0 atom stereocenters. The first kappa shape index (κ1) is 24.4. The van der Waals surface area contributed by atoms with Crippen molar-refractivity contribution in [2.75, 3.05) is 33.6 Å². The van der Waals surface area contributed by atoms with E-state index in [1.807, 2.05) is 54.6 Å². The Balaban J connectivity index is 1.74. The number of anilines is 1. The monoisotopic (exact) mass is 460 g/mol. The van der Waals surface area contributed by atoms with Gasteiger partial charge in [0.15, 0.2) is 11.5 Å². The number of hydrogen-bond acceptors (Lipinski definition) is 5. The van der Waals surface area contributed by atoms with E-state index in [2.05, 4.69) is 5.32 Å². The molecule has 0 heterocycles. The van der Waals surface area contributed by atoms with Crippen LogP contribution in [-0.4, -0.2) is 45.0 Å². The van der Waals surface area contributed by atoms with Crippen LogP contribution in [0.4, 0.5) is 5.69 Å². The second kappa shape index (κ2) is 11.6. The molecule has 3 aromatic rings. The Morgan fingerprint density at radius 1 is 0.912 bits per heavy atom. The molecule has 0 aliphatic carbocycles. The van der Waals surface area contributed by atoms with Gasteiger partial charge in [-0.05, 0) is 35.4 Å². The molecule has 0 aliphatic rings. The minimum atomic E-state index is -0.393. The summed E-state index contributed by atoms with van der Waals surface area (Å²) in [4.78, 5) is 26.7. The van der Waals surface area contributed by atoms with E-state index in [1.54, 1.807) is 32.3 Å². The first-order valence-electron chi connectivity index (χ1n) is 10.6. The summed E-state index contributed by atoms with van der Waals surface area (Å²) in [7, 11) is 6.25. The lowest BCUT2D eigenvalue weighted by Crippen LogP contribution is -2.24. The zero-order valence-electron chi connectivity index (χ0n) is 19.7. The highest BCUT2D eigenvalue weighted by Gasteiger charge is 2.19. The Hall–Kier alpha value is -4.26. The topological polar surface area (TPSA) is 77.1 Å². The zero-order chi connectivity index (χ0) is 24.5. The number of benzene rings is 3. The lowest BCUT2D eigenvalue weighted by atomic mass is 10.1. The Bertz CT molecular complexity index is 1170. The van der Waals surface area contributed by atoms with Gasteiger partial charge in [0, 0.05) is 26.2 Å². The summed E-state index contributed by atoms with van der Waals surface area (Å²) >= 11 is 0.